The standard InChI is InChI=1S/C14H19N5O/c20-15-14(13-4-2-1-3-5-13)6-19-10-16-7-17(11-19)9-18(8-16)12-19/h1-5H,6-12H2/p+1/b15-14-. The van der Waals surface area contributed by atoms with Crippen LogP contribution in [0.15, 0.2) is 35.5 Å². The molecule has 0 radical (unpaired) electrons. The molecule has 1 aromatic rings. The zero-order valence-corrected chi connectivity index (χ0v) is 11.5. The van der Waals surface area contributed by atoms with Crippen molar-refractivity contribution in [1.82, 2.24) is 14.7 Å². The van der Waals surface area contributed by atoms with Gasteiger partial charge < -0.3 is 5.21 Å². The Morgan fingerprint density at radius 1 is 1.00 bits per heavy atom. The van der Waals surface area contributed by atoms with Gasteiger partial charge in [-0.2, -0.15) is 0 Å². The van der Waals surface area contributed by atoms with Crippen LogP contribution in [-0.2, 0) is 0 Å². The fourth-order valence-corrected chi connectivity index (χ4v) is 3.94. The lowest BCUT2D eigenvalue weighted by molar-refractivity contribution is -0.972. The van der Waals surface area contributed by atoms with Gasteiger partial charge in [0.25, 0.3) is 0 Å². The van der Waals surface area contributed by atoms with Crippen molar-refractivity contribution in [1.29, 1.82) is 0 Å². The summed E-state index contributed by atoms with van der Waals surface area (Å²) in [6.45, 7) is 7.18. The van der Waals surface area contributed by atoms with E-state index >= 15 is 0 Å². The summed E-state index contributed by atoms with van der Waals surface area (Å²) in [5.41, 5.74) is 1.81. The molecule has 0 saturated carbocycles. The molecule has 4 fully saturated rings. The van der Waals surface area contributed by atoms with E-state index in [-0.39, 0.29) is 0 Å². The maximum Gasteiger partial charge on any atom is 0.141 e. The number of hydrogen-bond donors (Lipinski definition) is 1. The van der Waals surface area contributed by atoms with E-state index in [0.717, 1.165) is 62.3 Å². The summed E-state index contributed by atoms with van der Waals surface area (Å²) in [7, 11) is 0. The monoisotopic (exact) mass is 274 g/mol. The van der Waals surface area contributed by atoms with Crippen LogP contribution < -0.4 is 0 Å². The fourth-order valence-electron chi connectivity index (χ4n) is 3.94. The second-order valence-electron chi connectivity index (χ2n) is 6.27. The molecule has 4 aliphatic heterocycles. The van der Waals surface area contributed by atoms with E-state index < -0.39 is 0 Å². The van der Waals surface area contributed by atoms with Crippen LogP contribution in [0.2, 0.25) is 0 Å². The SMILES string of the molecule is O/N=C(/C[N+]12CN3CN(CN(C3)C1)C2)c1ccccc1. The molecule has 106 valence electrons. The summed E-state index contributed by atoms with van der Waals surface area (Å²) >= 11 is 0. The minimum atomic E-state index is 0.782. The third-order valence-corrected chi connectivity index (χ3v) is 4.41. The average Bonchev–Trinajstić information content (AvgIpc) is 2.44. The lowest BCUT2D eigenvalue weighted by Gasteiger charge is -2.60. The number of nitrogens with zero attached hydrogens (tertiary/aromatic N) is 5. The van der Waals surface area contributed by atoms with Gasteiger partial charge >= 0.3 is 0 Å². The van der Waals surface area contributed by atoms with Crippen LogP contribution >= 0.6 is 0 Å². The zero-order valence-electron chi connectivity index (χ0n) is 11.5. The molecule has 0 aromatic heterocycles. The molecule has 0 amide bonds. The van der Waals surface area contributed by atoms with Crippen molar-refractivity contribution in [2.24, 2.45) is 5.16 Å². The zero-order chi connectivity index (χ0) is 13.6. The van der Waals surface area contributed by atoms with Gasteiger partial charge in [-0.25, -0.2) is 14.7 Å². The molecule has 4 aliphatic rings. The quantitative estimate of drug-likeness (QED) is 0.374. The van der Waals surface area contributed by atoms with Gasteiger partial charge in [0, 0.05) is 5.56 Å². The molecule has 6 heteroatoms. The van der Waals surface area contributed by atoms with Crippen molar-refractivity contribution < 1.29 is 9.69 Å². The highest BCUT2D eigenvalue weighted by atomic mass is 16.4. The Bertz CT molecular complexity index is 494. The Hall–Kier alpha value is -1.47. The largest absolute Gasteiger partial charge is 0.410 e. The van der Waals surface area contributed by atoms with E-state index in [0.29, 0.717) is 0 Å². The van der Waals surface area contributed by atoms with Gasteiger partial charge in [0.05, 0.1) is 20.0 Å². The number of benzene rings is 1. The van der Waals surface area contributed by atoms with E-state index in [1.165, 1.54) is 0 Å². The fraction of sp³-hybridized carbons (Fsp3) is 0.500. The first-order valence-corrected chi connectivity index (χ1v) is 7.05. The molecule has 0 atom stereocenters. The van der Waals surface area contributed by atoms with Crippen LogP contribution in [0.25, 0.3) is 0 Å². The highest BCUT2D eigenvalue weighted by molar-refractivity contribution is 6.01. The minimum Gasteiger partial charge on any atom is -0.410 e. The van der Waals surface area contributed by atoms with Crippen molar-refractivity contribution in [3.8, 4) is 0 Å². The first-order valence-electron chi connectivity index (χ1n) is 7.05. The number of rotatable bonds is 3. The summed E-state index contributed by atoms with van der Waals surface area (Å²) in [5.74, 6) is 0. The molecule has 1 aromatic carbocycles. The molecular weight excluding hydrogens is 254 g/mol. The molecule has 4 saturated heterocycles. The Morgan fingerprint density at radius 2 is 1.55 bits per heavy atom. The number of hydrogen-bond acceptors (Lipinski definition) is 5. The van der Waals surface area contributed by atoms with Crippen molar-refractivity contribution in [3.05, 3.63) is 35.9 Å². The molecule has 0 aliphatic carbocycles. The molecule has 6 nitrogen and oxygen atoms in total. The Kier molecular flexibility index (Phi) is 2.78. The van der Waals surface area contributed by atoms with Crippen molar-refractivity contribution in [2.45, 2.75) is 0 Å². The Labute approximate surface area is 118 Å². The first-order chi connectivity index (χ1) is 9.76. The van der Waals surface area contributed by atoms with Crippen LogP contribution in [0.4, 0.5) is 0 Å². The third-order valence-electron chi connectivity index (χ3n) is 4.41. The lowest BCUT2D eigenvalue weighted by atomic mass is 10.1. The molecule has 4 bridgehead atoms. The van der Waals surface area contributed by atoms with Crippen molar-refractivity contribution >= 4 is 5.71 Å². The van der Waals surface area contributed by atoms with Crippen LogP contribution in [0.1, 0.15) is 5.56 Å². The van der Waals surface area contributed by atoms with Gasteiger partial charge in [-0.1, -0.05) is 35.5 Å². The summed E-state index contributed by atoms with van der Waals surface area (Å²) in [4.78, 5) is 7.41. The maximum absolute atomic E-state index is 9.42. The Balaban J connectivity index is 1.59. The second-order valence-corrected chi connectivity index (χ2v) is 6.27. The second kappa shape index (κ2) is 4.53. The Morgan fingerprint density at radius 3 is 2.05 bits per heavy atom. The van der Waals surface area contributed by atoms with Crippen LogP contribution in [0.3, 0.4) is 0 Å². The van der Waals surface area contributed by atoms with E-state index in [1.807, 2.05) is 30.3 Å². The highest BCUT2D eigenvalue weighted by Crippen LogP contribution is 2.28. The smallest absolute Gasteiger partial charge is 0.141 e. The van der Waals surface area contributed by atoms with E-state index in [4.69, 9.17) is 0 Å². The van der Waals surface area contributed by atoms with Crippen LogP contribution in [0, 0.1) is 0 Å². The van der Waals surface area contributed by atoms with Gasteiger partial charge in [-0.05, 0) is 0 Å². The van der Waals surface area contributed by atoms with Gasteiger partial charge in [-0.15, -0.1) is 0 Å². The molecule has 20 heavy (non-hydrogen) atoms. The summed E-state index contributed by atoms with van der Waals surface area (Å²) in [5, 5.41) is 13.0. The molecule has 5 rings (SSSR count). The van der Waals surface area contributed by atoms with Crippen molar-refractivity contribution in [3.63, 3.8) is 0 Å². The van der Waals surface area contributed by atoms with Crippen LogP contribution in [-0.4, -0.2) is 76.7 Å². The summed E-state index contributed by atoms with van der Waals surface area (Å²) < 4.78 is 0.953. The molecule has 4 heterocycles. The molecule has 0 unspecified atom stereocenters. The normalized spacial score (nSPS) is 39.2. The molecule has 1 N–H and O–H groups in total. The minimum absolute atomic E-state index is 0.782. The lowest BCUT2D eigenvalue weighted by Crippen LogP contribution is -2.79. The third kappa shape index (κ3) is 2.01. The van der Waals surface area contributed by atoms with Crippen LogP contribution in [0.5, 0.6) is 0 Å². The summed E-state index contributed by atoms with van der Waals surface area (Å²) in [6.07, 6.45) is 0. The van der Waals surface area contributed by atoms with Crippen molar-refractivity contribution in [2.75, 3.05) is 46.6 Å². The molecular formula is C14H20N5O+. The summed E-state index contributed by atoms with van der Waals surface area (Å²) in [6, 6.07) is 10.00. The van der Waals surface area contributed by atoms with Gasteiger partial charge in [-0.3, -0.25) is 4.48 Å². The predicted octanol–water partition coefficient (Wildman–Crippen LogP) is 0.374. The molecule has 0 spiro atoms. The van der Waals surface area contributed by atoms with E-state index in [1.54, 1.807) is 0 Å². The van der Waals surface area contributed by atoms with Gasteiger partial charge in [0.2, 0.25) is 0 Å². The van der Waals surface area contributed by atoms with E-state index in [2.05, 4.69) is 19.9 Å². The topological polar surface area (TPSA) is 42.3 Å². The van der Waals surface area contributed by atoms with Gasteiger partial charge in [0.1, 0.15) is 32.3 Å². The highest BCUT2D eigenvalue weighted by Gasteiger charge is 2.49. The van der Waals surface area contributed by atoms with E-state index in [9.17, 15) is 5.21 Å². The average molecular weight is 274 g/mol. The first kappa shape index (κ1) is 12.3. The van der Waals surface area contributed by atoms with Gasteiger partial charge in [0.15, 0.2) is 0 Å². The predicted molar refractivity (Wildman–Crippen MR) is 74.6 cm³/mol. The number of quaternary nitrogens is 1. The number of oxime groups is 1. The maximum atomic E-state index is 9.42.